The van der Waals surface area contributed by atoms with Gasteiger partial charge in [0.15, 0.2) is 0 Å². The molecule has 2 heteroatoms. The van der Waals surface area contributed by atoms with Crippen molar-refractivity contribution >= 4 is 6.08 Å². The molecule has 1 aliphatic rings. The van der Waals surface area contributed by atoms with Crippen LogP contribution < -0.4 is 0 Å². The molecule has 2 rings (SSSR count). The lowest BCUT2D eigenvalue weighted by molar-refractivity contribution is 0.317. The summed E-state index contributed by atoms with van der Waals surface area (Å²) >= 11 is 0. The molecule has 1 aliphatic heterocycles. The normalized spacial score (nSPS) is 19.5. The number of benzene rings is 1. The molecule has 1 aromatic rings. The first-order chi connectivity index (χ1) is 8.25. The number of hydrogen-bond donors (Lipinski definition) is 0. The maximum absolute atomic E-state index is 5.45. The molecule has 1 heterocycles. The summed E-state index contributed by atoms with van der Waals surface area (Å²) < 4.78 is 5.45. The molecule has 0 aliphatic carbocycles. The summed E-state index contributed by atoms with van der Waals surface area (Å²) in [4.78, 5) is 2.13. The fourth-order valence-electron chi connectivity index (χ4n) is 1.62. The van der Waals surface area contributed by atoms with Crippen LogP contribution in [0.1, 0.15) is 5.56 Å². The molecule has 2 nitrogen and oxygen atoms in total. The summed E-state index contributed by atoms with van der Waals surface area (Å²) in [5.74, 6) is 0.884. The largest absolute Gasteiger partial charge is 0.466 e. The molecule has 0 spiro atoms. The molecule has 0 N–H and O–H groups in total. The van der Waals surface area contributed by atoms with Crippen molar-refractivity contribution in [1.82, 2.24) is 4.90 Å². The quantitative estimate of drug-likeness (QED) is 0.787. The van der Waals surface area contributed by atoms with Gasteiger partial charge in [-0.25, -0.2) is 0 Å². The van der Waals surface area contributed by atoms with Crippen molar-refractivity contribution in [2.75, 3.05) is 14.1 Å². The van der Waals surface area contributed by atoms with Gasteiger partial charge in [0.25, 0.3) is 0 Å². The third kappa shape index (κ3) is 3.33. The summed E-state index contributed by atoms with van der Waals surface area (Å²) in [5.41, 5.74) is 1.17. The Morgan fingerprint density at radius 2 is 1.88 bits per heavy atom. The van der Waals surface area contributed by atoms with Gasteiger partial charge in [0.1, 0.15) is 5.76 Å². The number of ether oxygens (including phenoxy) is 1. The Morgan fingerprint density at radius 1 is 1.12 bits per heavy atom. The summed E-state index contributed by atoms with van der Waals surface area (Å²) in [6, 6.07) is 10.5. The van der Waals surface area contributed by atoms with Crippen LogP contribution >= 0.6 is 0 Å². The molecule has 88 valence electrons. The maximum Gasteiger partial charge on any atom is 0.124 e. The topological polar surface area (TPSA) is 12.5 Å². The maximum atomic E-state index is 5.45. The molecular formula is C15H17NO. The minimum absolute atomic E-state index is 0.305. The van der Waals surface area contributed by atoms with Crippen molar-refractivity contribution in [3.8, 4) is 0 Å². The van der Waals surface area contributed by atoms with E-state index >= 15 is 0 Å². The second-order valence-corrected chi connectivity index (χ2v) is 4.21. The van der Waals surface area contributed by atoms with E-state index in [1.807, 2.05) is 30.4 Å². The first-order valence-corrected chi connectivity index (χ1v) is 5.70. The van der Waals surface area contributed by atoms with Crippen molar-refractivity contribution < 1.29 is 4.74 Å². The SMILES string of the molecule is CN(C)C1C=COC(C=Cc2ccccc2)=C1. The third-order valence-corrected chi connectivity index (χ3v) is 2.65. The molecule has 0 bridgehead atoms. The lowest BCUT2D eigenvalue weighted by Gasteiger charge is -2.20. The zero-order valence-corrected chi connectivity index (χ0v) is 10.2. The molecule has 0 radical (unpaired) electrons. The van der Waals surface area contributed by atoms with Crippen LogP contribution in [0.2, 0.25) is 0 Å². The molecule has 0 aromatic heterocycles. The van der Waals surface area contributed by atoms with Gasteiger partial charge in [0.2, 0.25) is 0 Å². The third-order valence-electron chi connectivity index (χ3n) is 2.65. The lowest BCUT2D eigenvalue weighted by atomic mass is 10.1. The van der Waals surface area contributed by atoms with E-state index in [2.05, 4.69) is 43.3 Å². The van der Waals surface area contributed by atoms with Crippen molar-refractivity contribution in [3.05, 3.63) is 66.1 Å². The standard InChI is InChI=1S/C15H17NO/c1-16(2)14-10-11-17-15(12-14)9-8-13-6-4-3-5-7-13/h3-12,14H,1-2H3. The first kappa shape index (κ1) is 11.7. The van der Waals surface area contributed by atoms with E-state index in [9.17, 15) is 0 Å². The van der Waals surface area contributed by atoms with Gasteiger partial charge in [-0.3, -0.25) is 4.90 Å². The van der Waals surface area contributed by atoms with Gasteiger partial charge in [0.05, 0.1) is 12.3 Å². The number of nitrogens with zero attached hydrogens (tertiary/aromatic N) is 1. The Morgan fingerprint density at radius 3 is 2.59 bits per heavy atom. The highest BCUT2D eigenvalue weighted by atomic mass is 16.5. The minimum atomic E-state index is 0.305. The Balaban J connectivity index is 2.07. The second-order valence-electron chi connectivity index (χ2n) is 4.21. The number of rotatable bonds is 3. The van der Waals surface area contributed by atoms with E-state index in [0.717, 1.165) is 5.76 Å². The summed E-state index contributed by atoms with van der Waals surface area (Å²) in [6.45, 7) is 0. The molecule has 1 unspecified atom stereocenters. The van der Waals surface area contributed by atoms with Gasteiger partial charge in [-0.1, -0.05) is 36.4 Å². The molecule has 0 saturated carbocycles. The van der Waals surface area contributed by atoms with E-state index in [1.165, 1.54) is 5.56 Å². The number of hydrogen-bond acceptors (Lipinski definition) is 2. The zero-order valence-electron chi connectivity index (χ0n) is 10.2. The Kier molecular flexibility index (Phi) is 3.78. The van der Waals surface area contributed by atoms with Crippen molar-refractivity contribution in [2.24, 2.45) is 0 Å². The van der Waals surface area contributed by atoms with E-state index in [0.29, 0.717) is 6.04 Å². The van der Waals surface area contributed by atoms with Crippen LogP contribution in [-0.4, -0.2) is 25.0 Å². The van der Waals surface area contributed by atoms with Crippen molar-refractivity contribution in [2.45, 2.75) is 6.04 Å². The predicted molar refractivity (Wildman–Crippen MR) is 71.3 cm³/mol. The predicted octanol–water partition coefficient (Wildman–Crippen LogP) is 3.06. The summed E-state index contributed by atoms with van der Waals surface area (Å²) in [6.07, 6.45) is 9.92. The van der Waals surface area contributed by atoms with Crippen molar-refractivity contribution in [1.29, 1.82) is 0 Å². The summed E-state index contributed by atoms with van der Waals surface area (Å²) in [7, 11) is 4.10. The molecule has 0 amide bonds. The van der Waals surface area contributed by atoms with Crippen LogP contribution in [0.15, 0.2) is 60.6 Å². The highest BCUT2D eigenvalue weighted by molar-refractivity contribution is 5.52. The van der Waals surface area contributed by atoms with Crippen LogP contribution in [0.4, 0.5) is 0 Å². The van der Waals surface area contributed by atoms with Crippen LogP contribution in [0, 0.1) is 0 Å². The molecular weight excluding hydrogens is 210 g/mol. The van der Waals surface area contributed by atoms with Crippen LogP contribution in [-0.2, 0) is 4.74 Å². The highest BCUT2D eigenvalue weighted by Crippen LogP contribution is 2.14. The fourth-order valence-corrected chi connectivity index (χ4v) is 1.62. The Bertz CT molecular complexity index is 443. The summed E-state index contributed by atoms with van der Waals surface area (Å²) in [5, 5.41) is 0. The van der Waals surface area contributed by atoms with Crippen LogP contribution in [0.25, 0.3) is 6.08 Å². The van der Waals surface area contributed by atoms with Gasteiger partial charge in [-0.2, -0.15) is 0 Å². The second kappa shape index (κ2) is 5.51. The van der Waals surface area contributed by atoms with Gasteiger partial charge in [-0.05, 0) is 37.9 Å². The highest BCUT2D eigenvalue weighted by Gasteiger charge is 2.09. The van der Waals surface area contributed by atoms with E-state index < -0.39 is 0 Å². The Hall–Kier alpha value is -1.80. The molecule has 17 heavy (non-hydrogen) atoms. The van der Waals surface area contributed by atoms with Crippen molar-refractivity contribution in [3.63, 3.8) is 0 Å². The molecule has 1 aromatic carbocycles. The van der Waals surface area contributed by atoms with Crippen LogP contribution in [0.3, 0.4) is 0 Å². The zero-order chi connectivity index (χ0) is 12.1. The molecule has 0 saturated heterocycles. The monoisotopic (exact) mass is 227 g/mol. The number of allylic oxidation sites excluding steroid dienone is 1. The number of likely N-dealkylation sites (N-methyl/N-ethyl adjacent to an activating group) is 1. The van der Waals surface area contributed by atoms with Gasteiger partial charge in [-0.15, -0.1) is 0 Å². The average molecular weight is 227 g/mol. The van der Waals surface area contributed by atoms with Gasteiger partial charge < -0.3 is 4.74 Å². The smallest absolute Gasteiger partial charge is 0.124 e. The lowest BCUT2D eigenvalue weighted by Crippen LogP contribution is -2.25. The van der Waals surface area contributed by atoms with Gasteiger partial charge in [0, 0.05) is 0 Å². The average Bonchev–Trinajstić information content (AvgIpc) is 2.38. The molecule has 0 fully saturated rings. The van der Waals surface area contributed by atoms with E-state index in [1.54, 1.807) is 6.26 Å². The van der Waals surface area contributed by atoms with Gasteiger partial charge >= 0.3 is 0 Å². The van der Waals surface area contributed by atoms with E-state index in [-0.39, 0.29) is 0 Å². The fraction of sp³-hybridized carbons (Fsp3) is 0.200. The first-order valence-electron chi connectivity index (χ1n) is 5.70. The van der Waals surface area contributed by atoms with Crippen LogP contribution in [0.5, 0.6) is 0 Å². The minimum Gasteiger partial charge on any atom is -0.466 e. The van der Waals surface area contributed by atoms with E-state index in [4.69, 9.17) is 4.74 Å². The molecule has 1 atom stereocenters. The Labute approximate surface area is 103 Å².